The maximum atomic E-state index is 10.7. The predicted octanol–water partition coefficient (Wildman–Crippen LogP) is 2.36. The van der Waals surface area contributed by atoms with Gasteiger partial charge in [-0.3, -0.25) is 20.2 Å². The van der Waals surface area contributed by atoms with Crippen molar-refractivity contribution in [2.75, 3.05) is 0 Å². The van der Waals surface area contributed by atoms with Crippen molar-refractivity contribution < 1.29 is 15.0 Å². The molecule has 0 saturated carbocycles. The molecule has 0 fully saturated rings. The topological polar surface area (TPSA) is 107 Å². The van der Waals surface area contributed by atoms with E-state index < -0.39 is 9.85 Å². The van der Waals surface area contributed by atoms with Crippen LogP contribution in [0.3, 0.4) is 0 Å². The number of rotatable bonds is 2. The van der Waals surface area contributed by atoms with Crippen LogP contribution in [-0.4, -0.2) is 15.0 Å². The minimum absolute atomic E-state index is 0.0911. The van der Waals surface area contributed by atoms with E-state index in [0.29, 0.717) is 0 Å². The maximum Gasteiger partial charge on any atom is 0.277 e. The molecule has 0 spiro atoms. The Bertz CT molecular complexity index is 638. The number of hydrogen-bond donors (Lipinski definition) is 1. The summed E-state index contributed by atoms with van der Waals surface area (Å²) in [5.41, 5.74) is -0.430. The van der Waals surface area contributed by atoms with Crippen molar-refractivity contribution in [1.82, 2.24) is 0 Å². The van der Waals surface area contributed by atoms with Crippen LogP contribution < -0.4 is 0 Å². The van der Waals surface area contributed by atoms with Gasteiger partial charge in [0, 0.05) is 23.6 Å². The van der Waals surface area contributed by atoms with Gasteiger partial charge < -0.3 is 5.11 Å². The molecule has 2 aromatic carbocycles. The van der Waals surface area contributed by atoms with E-state index in [-0.39, 0.29) is 27.9 Å². The van der Waals surface area contributed by atoms with Gasteiger partial charge in [0.1, 0.15) is 5.75 Å². The summed E-state index contributed by atoms with van der Waals surface area (Å²) in [7, 11) is 0. The van der Waals surface area contributed by atoms with Gasteiger partial charge in [-0.05, 0) is 12.1 Å². The summed E-state index contributed by atoms with van der Waals surface area (Å²) < 4.78 is 0. The van der Waals surface area contributed by atoms with E-state index in [1.165, 1.54) is 6.07 Å². The lowest BCUT2D eigenvalue weighted by atomic mass is 10.1. The van der Waals surface area contributed by atoms with E-state index in [4.69, 9.17) is 0 Å². The smallest absolute Gasteiger partial charge is 0.277 e. The highest BCUT2D eigenvalue weighted by Crippen LogP contribution is 2.34. The first-order chi connectivity index (χ1) is 8.00. The van der Waals surface area contributed by atoms with Gasteiger partial charge in [-0.25, -0.2) is 0 Å². The monoisotopic (exact) mass is 234 g/mol. The number of fused-ring (bicyclic) bond motifs is 1. The van der Waals surface area contributed by atoms with Crippen LogP contribution in [0.4, 0.5) is 11.4 Å². The summed E-state index contributed by atoms with van der Waals surface area (Å²) in [6, 6.07) is 5.82. The van der Waals surface area contributed by atoms with Crippen molar-refractivity contribution in [2.45, 2.75) is 0 Å². The second kappa shape index (κ2) is 3.71. The zero-order valence-corrected chi connectivity index (χ0v) is 8.36. The molecular formula is C10H6N2O5. The van der Waals surface area contributed by atoms with Gasteiger partial charge >= 0.3 is 0 Å². The van der Waals surface area contributed by atoms with Crippen molar-refractivity contribution in [3.05, 3.63) is 50.6 Å². The summed E-state index contributed by atoms with van der Waals surface area (Å²) in [4.78, 5) is 20.1. The quantitative estimate of drug-likeness (QED) is 0.633. The summed E-state index contributed by atoms with van der Waals surface area (Å²) in [5.74, 6) is -0.227. The molecule has 0 aliphatic carbocycles. The molecule has 0 aliphatic heterocycles. The molecule has 0 unspecified atom stereocenters. The van der Waals surface area contributed by atoms with E-state index in [9.17, 15) is 25.3 Å². The van der Waals surface area contributed by atoms with Gasteiger partial charge in [-0.15, -0.1) is 0 Å². The van der Waals surface area contributed by atoms with Gasteiger partial charge in [-0.2, -0.15) is 0 Å². The second-order valence-electron chi connectivity index (χ2n) is 3.35. The first-order valence-electron chi connectivity index (χ1n) is 4.55. The molecule has 2 aromatic rings. The number of aromatic hydroxyl groups is 1. The number of nitrogens with zero attached hydrogens (tertiary/aromatic N) is 2. The van der Waals surface area contributed by atoms with Crippen molar-refractivity contribution in [3.8, 4) is 5.75 Å². The molecule has 0 saturated heterocycles. The highest BCUT2D eigenvalue weighted by Gasteiger charge is 2.16. The maximum absolute atomic E-state index is 10.7. The number of nitro benzene ring substituents is 2. The number of phenolic OH excluding ortho intramolecular Hbond substituents is 1. The molecule has 17 heavy (non-hydrogen) atoms. The van der Waals surface area contributed by atoms with Crippen molar-refractivity contribution >= 4 is 22.1 Å². The average molecular weight is 234 g/mol. The molecule has 86 valence electrons. The van der Waals surface area contributed by atoms with Gasteiger partial charge in [-0.1, -0.05) is 0 Å². The summed E-state index contributed by atoms with van der Waals surface area (Å²) in [6.45, 7) is 0. The van der Waals surface area contributed by atoms with Crippen LogP contribution in [0.5, 0.6) is 5.75 Å². The zero-order valence-electron chi connectivity index (χ0n) is 8.36. The Morgan fingerprint density at radius 3 is 2.24 bits per heavy atom. The number of benzene rings is 2. The van der Waals surface area contributed by atoms with Crippen LogP contribution >= 0.6 is 0 Å². The van der Waals surface area contributed by atoms with Crippen molar-refractivity contribution in [3.63, 3.8) is 0 Å². The minimum atomic E-state index is -0.627. The van der Waals surface area contributed by atoms with Crippen LogP contribution in [0.25, 0.3) is 10.8 Å². The highest BCUT2D eigenvalue weighted by molar-refractivity contribution is 5.96. The fourth-order valence-corrected chi connectivity index (χ4v) is 1.58. The fourth-order valence-electron chi connectivity index (χ4n) is 1.58. The SMILES string of the molecule is O=[N+]([O-])c1ccc2c([N+](=O)[O-])ccc(O)c2c1. The Morgan fingerprint density at radius 2 is 1.65 bits per heavy atom. The molecule has 0 radical (unpaired) electrons. The normalized spacial score (nSPS) is 10.4. The lowest BCUT2D eigenvalue weighted by Gasteiger charge is -2.01. The van der Waals surface area contributed by atoms with Crippen molar-refractivity contribution in [2.24, 2.45) is 0 Å². The van der Waals surface area contributed by atoms with E-state index in [1.807, 2.05) is 0 Å². The highest BCUT2D eigenvalue weighted by atomic mass is 16.6. The van der Waals surface area contributed by atoms with Crippen LogP contribution in [-0.2, 0) is 0 Å². The second-order valence-corrected chi connectivity index (χ2v) is 3.35. The Labute approximate surface area is 94.2 Å². The van der Waals surface area contributed by atoms with Gasteiger partial charge in [0.05, 0.1) is 15.2 Å². The van der Waals surface area contributed by atoms with Crippen molar-refractivity contribution in [1.29, 1.82) is 0 Å². The molecule has 0 aromatic heterocycles. The zero-order chi connectivity index (χ0) is 12.6. The van der Waals surface area contributed by atoms with E-state index >= 15 is 0 Å². The molecule has 7 nitrogen and oxygen atoms in total. The van der Waals surface area contributed by atoms with E-state index in [1.54, 1.807) is 0 Å². The minimum Gasteiger partial charge on any atom is -0.507 e. The summed E-state index contributed by atoms with van der Waals surface area (Å²) in [6.07, 6.45) is 0. The third-order valence-corrected chi connectivity index (χ3v) is 2.36. The Morgan fingerprint density at radius 1 is 0.941 bits per heavy atom. The fraction of sp³-hybridized carbons (Fsp3) is 0. The largest absolute Gasteiger partial charge is 0.507 e. The third kappa shape index (κ3) is 1.73. The molecular weight excluding hydrogens is 228 g/mol. The predicted molar refractivity (Wildman–Crippen MR) is 58.9 cm³/mol. The van der Waals surface area contributed by atoms with Crippen LogP contribution in [0, 0.1) is 20.2 Å². The molecule has 0 amide bonds. The van der Waals surface area contributed by atoms with Gasteiger partial charge in [0.2, 0.25) is 0 Å². The molecule has 0 bridgehead atoms. The van der Waals surface area contributed by atoms with Crippen LogP contribution in [0.1, 0.15) is 0 Å². The Hall–Kier alpha value is -2.70. The van der Waals surface area contributed by atoms with E-state index in [0.717, 1.165) is 24.3 Å². The third-order valence-electron chi connectivity index (χ3n) is 2.36. The molecule has 0 heterocycles. The van der Waals surface area contributed by atoms with Crippen LogP contribution in [0.15, 0.2) is 30.3 Å². The number of phenols is 1. The molecule has 0 atom stereocenters. The lowest BCUT2D eigenvalue weighted by Crippen LogP contribution is -1.91. The number of hydrogen-bond acceptors (Lipinski definition) is 5. The molecule has 1 N–H and O–H groups in total. The Balaban J connectivity index is 2.82. The summed E-state index contributed by atoms with van der Waals surface area (Å²) in [5, 5.41) is 31.1. The first-order valence-corrected chi connectivity index (χ1v) is 4.55. The average Bonchev–Trinajstić information content (AvgIpc) is 2.28. The number of non-ortho nitro benzene ring substituents is 2. The summed E-state index contributed by atoms with van der Waals surface area (Å²) >= 11 is 0. The lowest BCUT2D eigenvalue weighted by molar-refractivity contribution is -0.385. The number of nitro groups is 2. The molecule has 7 heteroatoms. The molecule has 2 rings (SSSR count). The van der Waals surface area contributed by atoms with Crippen LogP contribution in [0.2, 0.25) is 0 Å². The van der Waals surface area contributed by atoms with E-state index in [2.05, 4.69) is 0 Å². The van der Waals surface area contributed by atoms with Gasteiger partial charge in [0.15, 0.2) is 0 Å². The first kappa shape index (κ1) is 10.8. The standard InChI is InChI=1S/C10H6N2O5/c13-10-4-3-9(12(16)17)7-2-1-6(11(14)15)5-8(7)10/h1-5,13H. The van der Waals surface area contributed by atoms with Gasteiger partial charge in [0.25, 0.3) is 11.4 Å². The Kier molecular flexibility index (Phi) is 2.36. The molecule has 0 aliphatic rings.